The van der Waals surface area contributed by atoms with Crippen molar-refractivity contribution in [3.8, 4) is 23.0 Å². The van der Waals surface area contributed by atoms with Crippen LogP contribution in [-0.4, -0.2) is 43.1 Å². The van der Waals surface area contributed by atoms with Gasteiger partial charge in [0.1, 0.15) is 17.5 Å². The third kappa shape index (κ3) is 5.56. The van der Waals surface area contributed by atoms with Crippen molar-refractivity contribution in [3.63, 3.8) is 0 Å². The molecule has 206 valence electrons. The molecule has 0 amide bonds. The summed E-state index contributed by atoms with van der Waals surface area (Å²) in [6.07, 6.45) is 2.99. The van der Waals surface area contributed by atoms with Crippen LogP contribution in [0.5, 0.6) is 23.0 Å². The number of phenolic OH excluding ortho intramolecular Hbond substituents is 1. The van der Waals surface area contributed by atoms with Gasteiger partial charge in [0.05, 0.1) is 43.2 Å². The van der Waals surface area contributed by atoms with Crippen molar-refractivity contribution in [2.75, 3.05) is 27.4 Å². The van der Waals surface area contributed by atoms with Gasteiger partial charge in [-0.1, -0.05) is 30.7 Å². The highest BCUT2D eigenvalue weighted by molar-refractivity contribution is 7.07. The number of methoxy groups -OCH3 is 2. The Hall–Kier alpha value is -4.05. The molecule has 0 bridgehead atoms. The van der Waals surface area contributed by atoms with Crippen LogP contribution in [0.1, 0.15) is 50.8 Å². The highest BCUT2D eigenvalue weighted by atomic mass is 32.1. The van der Waals surface area contributed by atoms with Gasteiger partial charge in [0, 0.05) is 5.56 Å². The summed E-state index contributed by atoms with van der Waals surface area (Å²) in [5.74, 6) is 0.859. The van der Waals surface area contributed by atoms with Crippen molar-refractivity contribution in [1.29, 1.82) is 0 Å². The van der Waals surface area contributed by atoms with Crippen LogP contribution in [-0.2, 0) is 9.53 Å². The lowest BCUT2D eigenvalue weighted by Crippen LogP contribution is -2.40. The highest BCUT2D eigenvalue weighted by Crippen LogP contribution is 2.38. The number of allylic oxidation sites excluding steroid dienone is 1. The number of thiazole rings is 1. The predicted octanol–water partition coefficient (Wildman–Crippen LogP) is 3.70. The summed E-state index contributed by atoms with van der Waals surface area (Å²) in [5.41, 5.74) is 1.81. The molecule has 1 aliphatic heterocycles. The minimum atomic E-state index is -0.840. The fourth-order valence-corrected chi connectivity index (χ4v) is 5.53. The van der Waals surface area contributed by atoms with E-state index in [-0.39, 0.29) is 17.9 Å². The third-order valence-corrected chi connectivity index (χ3v) is 7.19. The van der Waals surface area contributed by atoms with E-state index in [4.69, 9.17) is 23.9 Å². The second kappa shape index (κ2) is 12.2. The van der Waals surface area contributed by atoms with E-state index < -0.39 is 12.0 Å². The van der Waals surface area contributed by atoms with E-state index in [2.05, 4.69) is 0 Å². The van der Waals surface area contributed by atoms with Gasteiger partial charge in [-0.3, -0.25) is 9.36 Å². The summed E-state index contributed by atoms with van der Waals surface area (Å²) in [5, 5.41) is 10.1. The Morgan fingerprint density at radius 3 is 2.54 bits per heavy atom. The molecule has 0 radical (unpaired) electrons. The van der Waals surface area contributed by atoms with E-state index in [1.165, 1.54) is 29.1 Å². The van der Waals surface area contributed by atoms with E-state index in [1.807, 2.05) is 13.8 Å². The summed E-state index contributed by atoms with van der Waals surface area (Å²) >= 11 is 1.23. The highest BCUT2D eigenvalue weighted by Gasteiger charge is 2.36. The molecule has 4 rings (SSSR count). The number of carbonyl (C=O) groups excluding carboxylic acids is 1. The molecule has 1 aliphatic rings. The molecular weight excluding hydrogens is 520 g/mol. The lowest BCUT2D eigenvalue weighted by Gasteiger charge is -2.27. The first-order valence-electron chi connectivity index (χ1n) is 12.8. The molecule has 3 aromatic rings. The fraction of sp³-hybridized carbons (Fsp3) is 0.345. The molecule has 39 heavy (non-hydrogen) atoms. The Balaban J connectivity index is 2.02. The Labute approximate surface area is 230 Å². The van der Waals surface area contributed by atoms with Gasteiger partial charge in [0.15, 0.2) is 16.3 Å². The van der Waals surface area contributed by atoms with E-state index in [9.17, 15) is 14.7 Å². The van der Waals surface area contributed by atoms with Gasteiger partial charge in [-0.05, 0) is 62.2 Å². The zero-order chi connectivity index (χ0) is 28.1. The maximum atomic E-state index is 14.0. The van der Waals surface area contributed by atoms with Crippen LogP contribution in [0.3, 0.4) is 0 Å². The summed E-state index contributed by atoms with van der Waals surface area (Å²) in [6, 6.07) is 9.33. The fourth-order valence-electron chi connectivity index (χ4n) is 4.51. The van der Waals surface area contributed by atoms with E-state index in [1.54, 1.807) is 50.4 Å². The number of carbonyl (C=O) groups is 1. The van der Waals surface area contributed by atoms with Crippen LogP contribution >= 0.6 is 11.3 Å². The molecule has 0 saturated heterocycles. The lowest BCUT2D eigenvalue weighted by atomic mass is 9.93. The minimum Gasteiger partial charge on any atom is -0.504 e. The van der Waals surface area contributed by atoms with E-state index >= 15 is 0 Å². The maximum absolute atomic E-state index is 14.0. The smallest absolute Gasteiger partial charge is 0.338 e. The normalized spacial score (nSPS) is 15.0. The van der Waals surface area contributed by atoms with Crippen LogP contribution in [0.2, 0.25) is 0 Å². The molecule has 10 heteroatoms. The molecule has 9 nitrogen and oxygen atoms in total. The van der Waals surface area contributed by atoms with Gasteiger partial charge in [-0.15, -0.1) is 0 Å². The topological polar surface area (TPSA) is 109 Å². The number of hydrogen-bond acceptors (Lipinski definition) is 9. The standard InChI is InChI=1S/C29H32N2O7S/c1-6-9-20-25(28(34)38-8-3)26(19-16-18(35-4)11-13-22(19)36-5)31-27(33)24(39-29(31)30-20)15-17-10-12-21(32)23(14-17)37-7-2/h10-16,26,32H,6-9H2,1-5H3/b24-15-/t26-/m0/s1. The van der Waals surface area contributed by atoms with Crippen LogP contribution in [0.15, 0.2) is 57.5 Å². The van der Waals surface area contributed by atoms with Crippen molar-refractivity contribution in [2.45, 2.75) is 39.7 Å². The quantitative estimate of drug-likeness (QED) is 0.382. The molecular formula is C29H32N2O7S. The molecule has 0 saturated carbocycles. The van der Waals surface area contributed by atoms with Crippen molar-refractivity contribution in [3.05, 3.63) is 78.5 Å². The first-order chi connectivity index (χ1) is 18.9. The van der Waals surface area contributed by atoms with Gasteiger partial charge < -0.3 is 24.1 Å². The third-order valence-electron chi connectivity index (χ3n) is 6.21. The average molecular weight is 553 g/mol. The molecule has 1 aromatic heterocycles. The first kappa shape index (κ1) is 28.0. The minimum absolute atomic E-state index is 0.0175. The summed E-state index contributed by atoms with van der Waals surface area (Å²) in [4.78, 5) is 32.6. The number of aromatic hydroxyl groups is 1. The summed E-state index contributed by atoms with van der Waals surface area (Å²) in [7, 11) is 3.09. The molecule has 2 aromatic carbocycles. The number of rotatable bonds is 10. The monoisotopic (exact) mass is 552 g/mol. The molecule has 2 heterocycles. The zero-order valence-electron chi connectivity index (χ0n) is 22.6. The lowest BCUT2D eigenvalue weighted by molar-refractivity contribution is -0.139. The number of fused-ring (bicyclic) bond motifs is 1. The number of esters is 1. The van der Waals surface area contributed by atoms with Gasteiger partial charge in [0.2, 0.25) is 0 Å². The average Bonchev–Trinajstić information content (AvgIpc) is 3.24. The number of hydrogen-bond donors (Lipinski definition) is 1. The van der Waals surface area contributed by atoms with Gasteiger partial charge >= 0.3 is 5.97 Å². The summed E-state index contributed by atoms with van der Waals surface area (Å²) in [6.45, 7) is 6.13. The van der Waals surface area contributed by atoms with Crippen molar-refractivity contribution in [1.82, 2.24) is 4.57 Å². The van der Waals surface area contributed by atoms with Gasteiger partial charge in [0.25, 0.3) is 5.56 Å². The molecule has 0 fully saturated rings. The molecule has 1 atom stereocenters. The number of benzene rings is 2. The SMILES string of the molecule is CCCC1=C(C(=O)OCC)[C@H](c2cc(OC)ccc2OC)n2c(s/c(=C\c3ccc(O)c(OCC)c3)c2=O)=N1. The molecule has 0 spiro atoms. The zero-order valence-corrected chi connectivity index (χ0v) is 23.5. The molecule has 1 N–H and O–H groups in total. The Morgan fingerprint density at radius 1 is 1.08 bits per heavy atom. The second-order valence-electron chi connectivity index (χ2n) is 8.68. The van der Waals surface area contributed by atoms with Crippen LogP contribution in [0.4, 0.5) is 0 Å². The first-order valence-corrected chi connectivity index (χ1v) is 13.6. The Bertz CT molecular complexity index is 1590. The largest absolute Gasteiger partial charge is 0.504 e. The molecule has 0 aliphatic carbocycles. The van der Waals surface area contributed by atoms with Crippen molar-refractivity contribution >= 4 is 23.4 Å². The summed E-state index contributed by atoms with van der Waals surface area (Å²) < 4.78 is 24.0. The number of nitrogens with zero attached hydrogens (tertiary/aromatic N) is 2. The maximum Gasteiger partial charge on any atom is 0.338 e. The van der Waals surface area contributed by atoms with Gasteiger partial charge in [-0.2, -0.15) is 0 Å². The Morgan fingerprint density at radius 2 is 1.87 bits per heavy atom. The van der Waals surface area contributed by atoms with Crippen molar-refractivity contribution in [2.24, 2.45) is 4.99 Å². The van der Waals surface area contributed by atoms with Crippen LogP contribution in [0.25, 0.3) is 6.08 Å². The molecule has 0 unspecified atom stereocenters. The second-order valence-corrected chi connectivity index (χ2v) is 9.69. The Kier molecular flexibility index (Phi) is 8.75. The van der Waals surface area contributed by atoms with E-state index in [0.29, 0.717) is 62.0 Å². The number of phenols is 1. The number of aromatic nitrogens is 1. The van der Waals surface area contributed by atoms with Crippen LogP contribution < -0.4 is 29.1 Å². The van der Waals surface area contributed by atoms with E-state index in [0.717, 1.165) is 6.42 Å². The van der Waals surface area contributed by atoms with Crippen LogP contribution in [0, 0.1) is 0 Å². The van der Waals surface area contributed by atoms with Gasteiger partial charge in [-0.25, -0.2) is 9.79 Å². The van der Waals surface area contributed by atoms with Crippen molar-refractivity contribution < 1.29 is 28.8 Å². The number of ether oxygens (including phenoxy) is 4. The predicted molar refractivity (Wildman–Crippen MR) is 148 cm³/mol.